The second-order valence-corrected chi connectivity index (χ2v) is 7.31. The average molecular weight is 463 g/mol. The molecule has 0 fully saturated rings. The summed E-state index contributed by atoms with van der Waals surface area (Å²) in [6.07, 6.45) is 0. The summed E-state index contributed by atoms with van der Waals surface area (Å²) in [7, 11) is 0. The van der Waals surface area contributed by atoms with Crippen molar-refractivity contribution in [2.75, 3.05) is 19.8 Å². The fourth-order valence-electron chi connectivity index (χ4n) is 2.86. The molecule has 0 aliphatic carbocycles. The van der Waals surface area contributed by atoms with Crippen molar-refractivity contribution >= 4 is 17.9 Å². The summed E-state index contributed by atoms with van der Waals surface area (Å²) in [5, 5.41) is 12.1. The van der Waals surface area contributed by atoms with E-state index in [-0.39, 0.29) is 16.7 Å². The minimum atomic E-state index is -2.22. The summed E-state index contributed by atoms with van der Waals surface area (Å²) in [6.45, 7) is -2.38. The smallest absolute Gasteiger partial charge is 0.338 e. The third-order valence-corrected chi connectivity index (χ3v) is 4.83. The van der Waals surface area contributed by atoms with Crippen LogP contribution in [0, 0.1) is 10.1 Å². The van der Waals surface area contributed by atoms with Gasteiger partial charge in [0.05, 0.1) is 16.7 Å². The molecule has 9 heteroatoms. The molecule has 9 nitrogen and oxygen atoms in total. The maximum absolute atomic E-state index is 12.4. The predicted octanol–water partition coefficient (Wildman–Crippen LogP) is 3.57. The van der Waals surface area contributed by atoms with E-state index >= 15 is 0 Å². The number of rotatable bonds is 10. The predicted molar refractivity (Wildman–Crippen MR) is 120 cm³/mol. The van der Waals surface area contributed by atoms with Crippen molar-refractivity contribution in [1.29, 1.82) is 0 Å². The molecule has 0 radical (unpaired) electrons. The quantitative estimate of drug-likeness (QED) is 0.194. The molecule has 0 unspecified atom stereocenters. The third kappa shape index (κ3) is 6.26. The Hall–Kier alpha value is -4.53. The fourth-order valence-corrected chi connectivity index (χ4v) is 2.86. The van der Waals surface area contributed by atoms with Gasteiger partial charge < -0.3 is 14.2 Å². The number of hydrogen-bond acceptors (Lipinski definition) is 8. The van der Waals surface area contributed by atoms with Gasteiger partial charge in [0.25, 0.3) is 0 Å². The Morgan fingerprint density at radius 1 is 0.588 bits per heavy atom. The van der Waals surface area contributed by atoms with Gasteiger partial charge in [-0.1, -0.05) is 54.6 Å². The lowest BCUT2D eigenvalue weighted by atomic mass is 10.0. The highest BCUT2D eigenvalue weighted by molar-refractivity contribution is 5.90. The first-order valence-electron chi connectivity index (χ1n) is 10.2. The second-order valence-electron chi connectivity index (χ2n) is 7.31. The van der Waals surface area contributed by atoms with E-state index in [1.54, 1.807) is 54.6 Å². The number of benzene rings is 3. The SMILES string of the molecule is O=C(OCC(COC(=O)c1ccccc1)(COC(=O)c1ccccc1)[N+](=O)[O-])c1ccccc1. The Balaban J connectivity index is 1.78. The van der Waals surface area contributed by atoms with Gasteiger partial charge in [-0.3, -0.25) is 10.1 Å². The van der Waals surface area contributed by atoms with Gasteiger partial charge in [-0.05, 0) is 36.4 Å². The Morgan fingerprint density at radius 2 is 0.853 bits per heavy atom. The molecule has 174 valence electrons. The summed E-state index contributed by atoms with van der Waals surface area (Å²) >= 11 is 0. The maximum atomic E-state index is 12.4. The lowest BCUT2D eigenvalue weighted by molar-refractivity contribution is -0.579. The summed E-state index contributed by atoms with van der Waals surface area (Å²) in [5.41, 5.74) is -1.67. The zero-order chi connectivity index (χ0) is 24.4. The molecule has 3 rings (SSSR count). The molecule has 3 aromatic carbocycles. The molecular formula is C25H21NO8. The first-order valence-corrected chi connectivity index (χ1v) is 10.2. The molecule has 0 bridgehead atoms. The lowest BCUT2D eigenvalue weighted by Gasteiger charge is -2.24. The summed E-state index contributed by atoms with van der Waals surface area (Å²) in [4.78, 5) is 48.4. The molecule has 0 amide bonds. The largest absolute Gasteiger partial charge is 0.454 e. The highest BCUT2D eigenvalue weighted by atomic mass is 16.7. The molecule has 0 aromatic heterocycles. The van der Waals surface area contributed by atoms with E-state index in [0.717, 1.165) is 0 Å². The van der Waals surface area contributed by atoms with Crippen molar-refractivity contribution < 1.29 is 33.5 Å². The van der Waals surface area contributed by atoms with Crippen LogP contribution in [0.1, 0.15) is 31.1 Å². The van der Waals surface area contributed by atoms with E-state index in [9.17, 15) is 24.5 Å². The van der Waals surface area contributed by atoms with E-state index in [0.29, 0.717) is 0 Å². The van der Waals surface area contributed by atoms with E-state index in [4.69, 9.17) is 14.2 Å². The number of nitrogens with zero attached hydrogens (tertiary/aromatic N) is 1. The number of carbonyl (C=O) groups is 3. The third-order valence-electron chi connectivity index (χ3n) is 4.83. The van der Waals surface area contributed by atoms with Crippen LogP contribution in [0.3, 0.4) is 0 Å². The van der Waals surface area contributed by atoms with Crippen LogP contribution in [-0.4, -0.2) is 48.2 Å². The van der Waals surface area contributed by atoms with Gasteiger partial charge in [-0.2, -0.15) is 0 Å². The van der Waals surface area contributed by atoms with E-state index in [2.05, 4.69) is 0 Å². The highest BCUT2D eigenvalue weighted by Crippen LogP contribution is 2.17. The van der Waals surface area contributed by atoms with Crippen molar-refractivity contribution in [1.82, 2.24) is 0 Å². The van der Waals surface area contributed by atoms with Crippen molar-refractivity contribution in [3.8, 4) is 0 Å². The molecule has 3 aromatic rings. The Bertz CT molecular complexity index is 999. The molecule has 0 N–H and O–H groups in total. The van der Waals surface area contributed by atoms with Crippen LogP contribution in [0.15, 0.2) is 91.0 Å². The zero-order valence-corrected chi connectivity index (χ0v) is 18.0. The van der Waals surface area contributed by atoms with Crippen LogP contribution in [-0.2, 0) is 14.2 Å². The van der Waals surface area contributed by atoms with Gasteiger partial charge in [0.2, 0.25) is 0 Å². The molecule has 0 aliphatic heterocycles. The van der Waals surface area contributed by atoms with Gasteiger partial charge >= 0.3 is 23.4 Å². The van der Waals surface area contributed by atoms with Gasteiger partial charge in [0.1, 0.15) is 0 Å². The van der Waals surface area contributed by atoms with Gasteiger partial charge in [-0.25, -0.2) is 14.4 Å². The summed E-state index contributed by atoms with van der Waals surface area (Å²) in [5.74, 6) is -2.43. The van der Waals surface area contributed by atoms with E-state index in [1.165, 1.54) is 36.4 Å². The normalized spacial score (nSPS) is 10.7. The standard InChI is InChI=1S/C25H21NO8/c27-22(19-10-4-1-5-11-19)32-16-25(26(30)31,17-33-23(28)20-12-6-2-7-13-20)18-34-24(29)21-14-8-3-9-15-21/h1-15H,16-18H2. The molecule has 0 saturated carbocycles. The maximum Gasteiger partial charge on any atom is 0.338 e. The molecule has 0 spiro atoms. The fraction of sp³-hybridized carbons (Fsp3) is 0.160. The Labute approximate surface area is 195 Å². The van der Waals surface area contributed by atoms with Crippen molar-refractivity contribution in [3.63, 3.8) is 0 Å². The summed E-state index contributed by atoms with van der Waals surface area (Å²) in [6, 6.07) is 23.7. The van der Waals surface area contributed by atoms with Gasteiger partial charge in [0.15, 0.2) is 19.8 Å². The van der Waals surface area contributed by atoms with Crippen molar-refractivity contribution in [3.05, 3.63) is 118 Å². The first-order chi connectivity index (χ1) is 16.4. The molecule has 34 heavy (non-hydrogen) atoms. The Kier molecular flexibility index (Phi) is 8.07. The number of carbonyl (C=O) groups excluding carboxylic acids is 3. The first kappa shape index (κ1) is 24.1. The molecule has 0 atom stereocenters. The number of nitro groups is 1. The minimum Gasteiger partial charge on any atom is -0.454 e. The minimum absolute atomic E-state index is 0.183. The van der Waals surface area contributed by atoms with Crippen LogP contribution < -0.4 is 0 Å². The number of ether oxygens (including phenoxy) is 3. The average Bonchev–Trinajstić information content (AvgIpc) is 2.89. The lowest BCUT2D eigenvalue weighted by Crippen LogP contribution is -2.52. The number of hydrogen-bond donors (Lipinski definition) is 0. The zero-order valence-electron chi connectivity index (χ0n) is 18.0. The topological polar surface area (TPSA) is 122 Å². The second kappa shape index (κ2) is 11.4. The number of esters is 3. The van der Waals surface area contributed by atoms with Crippen molar-refractivity contribution in [2.24, 2.45) is 0 Å². The Morgan fingerprint density at radius 3 is 1.09 bits per heavy atom. The molecule has 0 saturated heterocycles. The van der Waals surface area contributed by atoms with Crippen LogP contribution in [0.4, 0.5) is 0 Å². The van der Waals surface area contributed by atoms with E-state index < -0.39 is 48.2 Å². The molecular weight excluding hydrogens is 442 g/mol. The van der Waals surface area contributed by atoms with Crippen LogP contribution in [0.5, 0.6) is 0 Å². The summed E-state index contributed by atoms with van der Waals surface area (Å²) < 4.78 is 15.5. The highest BCUT2D eigenvalue weighted by Gasteiger charge is 2.48. The molecule has 0 heterocycles. The van der Waals surface area contributed by atoms with Crippen molar-refractivity contribution in [2.45, 2.75) is 5.54 Å². The monoisotopic (exact) mass is 463 g/mol. The van der Waals surface area contributed by atoms with Crippen LogP contribution in [0.2, 0.25) is 0 Å². The van der Waals surface area contributed by atoms with Gasteiger partial charge in [-0.15, -0.1) is 0 Å². The van der Waals surface area contributed by atoms with E-state index in [1.807, 2.05) is 0 Å². The van der Waals surface area contributed by atoms with Crippen LogP contribution >= 0.6 is 0 Å². The molecule has 0 aliphatic rings. The van der Waals surface area contributed by atoms with Crippen LogP contribution in [0.25, 0.3) is 0 Å². The van der Waals surface area contributed by atoms with Gasteiger partial charge in [0, 0.05) is 4.92 Å².